The van der Waals surface area contributed by atoms with E-state index < -0.39 is 32.4 Å². The molecule has 0 N–H and O–H groups in total. The van der Waals surface area contributed by atoms with E-state index >= 15 is 0 Å². The van der Waals surface area contributed by atoms with E-state index in [2.05, 4.69) is 40.5 Å². The van der Waals surface area contributed by atoms with Crippen LogP contribution in [0.4, 0.5) is 0 Å². The van der Waals surface area contributed by atoms with Crippen LogP contribution in [0.15, 0.2) is 66.8 Å². The molecular weight excluding hydrogens is 813 g/mol. The molecule has 0 amide bonds. The number of hydrogen-bond donors (Lipinski definition) is 0. The number of carbonyl (C=O) groups is 6. The molecule has 1 saturated carbocycles. The lowest BCUT2D eigenvalue weighted by Gasteiger charge is -2.26. The Morgan fingerprint density at radius 2 is 1.30 bits per heavy atom. The average molecular weight is 877 g/mol. The molecule has 16 nitrogen and oxygen atoms in total. The molecule has 0 spiro atoms. The Morgan fingerprint density at radius 1 is 0.754 bits per heavy atom. The molecule has 1 aromatic carbocycles. The van der Waals surface area contributed by atoms with Crippen molar-refractivity contribution in [3.05, 3.63) is 72.4 Å². The molecule has 0 aromatic heterocycles. The van der Waals surface area contributed by atoms with E-state index in [0.29, 0.717) is 42.3 Å². The highest BCUT2D eigenvalue weighted by atomic mass is 28.4. The van der Waals surface area contributed by atoms with Crippen molar-refractivity contribution in [3.8, 4) is 5.75 Å². The van der Waals surface area contributed by atoms with Gasteiger partial charge in [-0.25, -0.2) is 19.2 Å². The van der Waals surface area contributed by atoms with Crippen LogP contribution >= 0.6 is 0 Å². The van der Waals surface area contributed by atoms with E-state index in [0.717, 1.165) is 17.5 Å². The lowest BCUT2D eigenvalue weighted by Crippen LogP contribution is -2.36. The van der Waals surface area contributed by atoms with E-state index in [1.54, 1.807) is 58.4 Å². The number of hydrogen-bond acceptors (Lipinski definition) is 16. The highest BCUT2D eigenvalue weighted by Gasteiger charge is 2.44. The van der Waals surface area contributed by atoms with Gasteiger partial charge in [0.2, 0.25) is 0 Å². The molecule has 340 valence electrons. The van der Waals surface area contributed by atoms with Gasteiger partial charge >= 0.3 is 38.4 Å². The van der Waals surface area contributed by atoms with Crippen molar-refractivity contribution in [1.82, 2.24) is 0 Å². The maximum atomic E-state index is 11.1. The first kappa shape index (κ1) is 54.1. The molecule has 4 rings (SSSR count). The molecule has 0 bridgehead atoms. The summed E-state index contributed by atoms with van der Waals surface area (Å²) in [5.74, 6) is -1.10. The van der Waals surface area contributed by atoms with E-state index in [1.165, 1.54) is 52.7 Å². The third-order valence-corrected chi connectivity index (χ3v) is 11.8. The summed E-state index contributed by atoms with van der Waals surface area (Å²) in [6, 6.07) is 8.24. The predicted octanol–water partition coefficient (Wildman–Crippen LogP) is 5.81. The number of esters is 5. The zero-order chi connectivity index (χ0) is 46.0. The van der Waals surface area contributed by atoms with Gasteiger partial charge in [0.1, 0.15) is 57.1 Å². The van der Waals surface area contributed by atoms with Gasteiger partial charge in [-0.15, -0.1) is 0 Å². The van der Waals surface area contributed by atoms with Gasteiger partial charge in [-0.2, -0.15) is 0 Å². The van der Waals surface area contributed by atoms with Gasteiger partial charge in [-0.3, -0.25) is 9.59 Å². The van der Waals surface area contributed by atoms with Crippen LogP contribution in [-0.2, 0) is 70.8 Å². The number of ether oxygens (including phenoxy) is 8. The zero-order valence-corrected chi connectivity index (χ0v) is 37.9. The second-order valence-electron chi connectivity index (χ2n) is 14.5. The number of ketones is 1. The smallest absolute Gasteiger partial charge is 0.334 e. The van der Waals surface area contributed by atoms with Gasteiger partial charge in [0.15, 0.2) is 0 Å². The monoisotopic (exact) mass is 876 g/mol. The third kappa shape index (κ3) is 26.1. The first-order valence-corrected chi connectivity index (χ1v) is 22.3. The highest BCUT2D eigenvalue weighted by molar-refractivity contribution is 6.65. The zero-order valence-electron chi connectivity index (χ0n) is 36.9. The van der Waals surface area contributed by atoms with Crippen molar-refractivity contribution in [1.29, 1.82) is 0 Å². The topological polar surface area (TPSA) is 201 Å². The molecule has 4 unspecified atom stereocenters. The fourth-order valence-electron chi connectivity index (χ4n) is 4.95. The maximum Gasteiger partial charge on any atom is 0.334 e. The molecule has 2 aliphatic heterocycles. The highest BCUT2D eigenvalue weighted by Crippen LogP contribution is 2.41. The molecule has 17 heteroatoms. The quantitative estimate of drug-likeness (QED) is 0.0272. The van der Waals surface area contributed by atoms with Crippen molar-refractivity contribution < 1.29 is 75.5 Å². The van der Waals surface area contributed by atoms with Gasteiger partial charge in [0, 0.05) is 37.0 Å². The number of fused-ring (bicyclic) bond motifs is 1. The Morgan fingerprint density at radius 3 is 1.79 bits per heavy atom. The summed E-state index contributed by atoms with van der Waals surface area (Å²) in [6.07, 6.45) is 9.21. The van der Waals surface area contributed by atoms with Crippen molar-refractivity contribution in [2.24, 2.45) is 5.92 Å². The first-order chi connectivity index (χ1) is 28.8. The van der Waals surface area contributed by atoms with Gasteiger partial charge in [-0.05, 0) is 95.7 Å². The molecule has 1 aromatic rings. The standard InChI is InChI=1S/C16H18O5.C11H22O3Si.C10H14O5.C7H10O3/c1-12(2)16(18)21-11-10-20-14-7-4-13(5-8-14)6-9-15(17)19-3;1-12-15(3,13-2)7-6-9-4-5-10-11(8-9)14-10;1-7(2)10(13)15-5-4-14-9(12)6-8(3)11;1-5(2)7(8)10-4-6-3-9-6/h4-9H,1,10-11H2,2-3H3;9-11H,4-8H2,1-3H3;1,4-6H2,2-3H3;6H,1,3-4H2,2H3/b9-6+;;;. The second kappa shape index (κ2) is 29.3. The number of methoxy groups -OCH3 is 1. The third-order valence-electron chi connectivity index (χ3n) is 8.88. The minimum atomic E-state index is -1.83. The van der Waals surface area contributed by atoms with Gasteiger partial charge in [0.05, 0.1) is 25.9 Å². The normalized spacial score (nSPS) is 18.0. The summed E-state index contributed by atoms with van der Waals surface area (Å²) in [4.78, 5) is 64.9. The predicted molar refractivity (Wildman–Crippen MR) is 227 cm³/mol. The van der Waals surface area contributed by atoms with Crippen molar-refractivity contribution in [2.75, 3.05) is 61.0 Å². The van der Waals surface area contributed by atoms with Crippen molar-refractivity contribution >= 4 is 50.3 Å². The SMILES string of the molecule is C=C(C)C(=O)OCC1CO1.C=C(C)C(=O)OCCOC(=O)CC(C)=O.C=C(C)C(=O)OCCOc1ccc(/C=C/C(=O)OC)cc1.CO[Si](C)(CCC1CCC2OC2C1)OC. The van der Waals surface area contributed by atoms with E-state index in [-0.39, 0.29) is 56.3 Å². The van der Waals surface area contributed by atoms with E-state index in [1.807, 2.05) is 0 Å². The Labute approximate surface area is 360 Å². The Bertz CT molecular complexity index is 1640. The van der Waals surface area contributed by atoms with E-state index in [9.17, 15) is 28.8 Å². The van der Waals surface area contributed by atoms with Gasteiger partial charge < -0.3 is 46.7 Å². The number of carbonyl (C=O) groups excluding carboxylic acids is 6. The second-order valence-corrected chi connectivity index (χ2v) is 18.1. The Kier molecular flexibility index (Phi) is 26.0. The maximum absolute atomic E-state index is 11.1. The minimum Gasteiger partial charge on any atom is -0.490 e. The summed E-state index contributed by atoms with van der Waals surface area (Å²) in [7, 11) is 3.04. The van der Waals surface area contributed by atoms with Gasteiger partial charge in [-0.1, -0.05) is 31.9 Å². The number of epoxide rings is 2. The fraction of sp³-hybridized carbons (Fsp3) is 0.545. The number of benzene rings is 1. The molecule has 2 saturated heterocycles. The Hall–Kier alpha value is -4.94. The van der Waals surface area contributed by atoms with Crippen LogP contribution in [0.5, 0.6) is 5.75 Å². The van der Waals surface area contributed by atoms with Crippen LogP contribution in [0.1, 0.15) is 65.4 Å². The largest absolute Gasteiger partial charge is 0.490 e. The number of rotatable bonds is 21. The molecule has 2 heterocycles. The first-order valence-electron chi connectivity index (χ1n) is 19.8. The van der Waals surface area contributed by atoms with E-state index in [4.69, 9.17) is 32.5 Å². The molecule has 61 heavy (non-hydrogen) atoms. The lowest BCUT2D eigenvalue weighted by atomic mass is 9.88. The minimum absolute atomic E-state index is 0.0324. The summed E-state index contributed by atoms with van der Waals surface area (Å²) in [6.45, 7) is 19.9. The van der Waals surface area contributed by atoms with Crippen LogP contribution in [0.3, 0.4) is 0 Å². The number of Topliss-reactive ketones (excluding diaryl/α,β-unsaturated/α-hetero) is 1. The summed E-state index contributed by atoms with van der Waals surface area (Å²) >= 11 is 0. The van der Waals surface area contributed by atoms with Crippen LogP contribution in [0, 0.1) is 5.92 Å². The van der Waals surface area contributed by atoms with Gasteiger partial charge in [0.25, 0.3) is 0 Å². The van der Waals surface area contributed by atoms with Crippen LogP contribution in [0.25, 0.3) is 6.08 Å². The fourth-order valence-corrected chi connectivity index (χ4v) is 6.46. The molecule has 3 fully saturated rings. The molecule has 1 aliphatic carbocycles. The van der Waals surface area contributed by atoms with Crippen molar-refractivity contribution in [2.45, 2.75) is 90.7 Å². The summed E-state index contributed by atoms with van der Waals surface area (Å²) in [5.41, 5.74) is 1.92. The van der Waals surface area contributed by atoms with Crippen LogP contribution in [-0.4, -0.2) is 123 Å². The summed E-state index contributed by atoms with van der Waals surface area (Å²) in [5, 5.41) is 0. The molecule has 4 atom stereocenters. The van der Waals surface area contributed by atoms with Crippen LogP contribution in [0.2, 0.25) is 12.6 Å². The Balaban J connectivity index is 0.000000419. The molecular formula is C44H64O16Si. The molecule has 0 radical (unpaired) electrons. The van der Waals surface area contributed by atoms with Crippen molar-refractivity contribution in [3.63, 3.8) is 0 Å². The summed E-state index contributed by atoms with van der Waals surface area (Å²) < 4.78 is 50.2. The van der Waals surface area contributed by atoms with Crippen LogP contribution < -0.4 is 4.74 Å². The lowest BCUT2D eigenvalue weighted by molar-refractivity contribution is -0.151. The average Bonchev–Trinajstić information content (AvgIpc) is 4.18. The molecule has 3 aliphatic rings.